The second-order valence-corrected chi connectivity index (χ2v) is 6.43. The minimum absolute atomic E-state index is 0.766. The summed E-state index contributed by atoms with van der Waals surface area (Å²) in [6.07, 6.45) is 2.13. The molecule has 0 unspecified atom stereocenters. The van der Waals surface area contributed by atoms with Gasteiger partial charge in [0.1, 0.15) is 10.6 Å². The zero-order chi connectivity index (χ0) is 14.7. The van der Waals surface area contributed by atoms with Gasteiger partial charge in [0.2, 0.25) is 5.95 Å². The Morgan fingerprint density at radius 2 is 2.10 bits per heavy atom. The predicted octanol–water partition coefficient (Wildman–Crippen LogP) is 2.49. The number of hydrogen-bond acceptors (Lipinski definition) is 6. The summed E-state index contributed by atoms with van der Waals surface area (Å²) < 4.78 is 0. The van der Waals surface area contributed by atoms with Gasteiger partial charge >= 0.3 is 0 Å². The molecule has 0 amide bonds. The van der Waals surface area contributed by atoms with Crippen molar-refractivity contribution in [3.05, 3.63) is 10.9 Å². The molecule has 0 aromatic carbocycles. The molecule has 0 atom stereocenters. The third kappa shape index (κ3) is 3.11. The Morgan fingerprint density at radius 1 is 1.29 bits per heavy atom. The van der Waals surface area contributed by atoms with Gasteiger partial charge in [-0.05, 0) is 18.9 Å². The van der Waals surface area contributed by atoms with Crippen LogP contribution < -0.4 is 15.5 Å². The van der Waals surface area contributed by atoms with E-state index in [1.54, 1.807) is 11.3 Å². The van der Waals surface area contributed by atoms with E-state index in [0.717, 1.165) is 62.2 Å². The monoisotopic (exact) mass is 305 g/mol. The zero-order valence-corrected chi connectivity index (χ0v) is 13.6. The lowest BCUT2D eigenvalue weighted by Gasteiger charge is -2.29. The van der Waals surface area contributed by atoms with Crippen molar-refractivity contribution in [3.8, 4) is 0 Å². The molecule has 1 saturated heterocycles. The molecule has 2 aromatic rings. The summed E-state index contributed by atoms with van der Waals surface area (Å²) in [6, 6.07) is 2.26. The minimum atomic E-state index is 0.766. The smallest absolute Gasteiger partial charge is 0.226 e. The molecule has 2 aromatic heterocycles. The lowest BCUT2D eigenvalue weighted by molar-refractivity contribution is 0.586. The first-order valence-electron chi connectivity index (χ1n) is 7.81. The fraction of sp³-hybridized carbons (Fsp3) is 0.600. The normalized spacial score (nSPS) is 15.6. The van der Waals surface area contributed by atoms with Crippen molar-refractivity contribution in [2.24, 2.45) is 0 Å². The van der Waals surface area contributed by atoms with Gasteiger partial charge < -0.3 is 15.5 Å². The standard InChI is InChI=1S/C15H23N5S/c1-3-5-17-15-18-13(20-8-6-16-7-9-20)12-10-11(4-2)21-14(12)19-15/h10,16H,3-9H2,1-2H3,(H,17,18,19). The molecular weight excluding hydrogens is 282 g/mol. The molecule has 3 heterocycles. The topological polar surface area (TPSA) is 53.1 Å². The van der Waals surface area contributed by atoms with Gasteiger partial charge in [-0.2, -0.15) is 4.98 Å². The Hall–Kier alpha value is -1.40. The van der Waals surface area contributed by atoms with Gasteiger partial charge in [-0.1, -0.05) is 13.8 Å². The molecule has 0 bridgehead atoms. The number of rotatable bonds is 5. The Kier molecular flexibility index (Phi) is 4.55. The lowest BCUT2D eigenvalue weighted by atomic mass is 10.2. The molecule has 1 aliphatic heterocycles. The number of anilines is 2. The summed E-state index contributed by atoms with van der Waals surface area (Å²) in [5.41, 5.74) is 0. The first kappa shape index (κ1) is 14.5. The van der Waals surface area contributed by atoms with Crippen molar-refractivity contribution >= 4 is 33.3 Å². The number of thiophene rings is 1. The summed E-state index contributed by atoms with van der Waals surface area (Å²) in [5.74, 6) is 1.86. The van der Waals surface area contributed by atoms with Crippen molar-refractivity contribution in [2.45, 2.75) is 26.7 Å². The van der Waals surface area contributed by atoms with Gasteiger partial charge in [-0.25, -0.2) is 4.98 Å². The lowest BCUT2D eigenvalue weighted by Crippen LogP contribution is -2.44. The van der Waals surface area contributed by atoms with Crippen LogP contribution in [0, 0.1) is 0 Å². The van der Waals surface area contributed by atoms with Gasteiger partial charge in [0.25, 0.3) is 0 Å². The molecule has 2 N–H and O–H groups in total. The van der Waals surface area contributed by atoms with Crippen molar-refractivity contribution < 1.29 is 0 Å². The Bertz CT molecular complexity index is 603. The highest BCUT2D eigenvalue weighted by molar-refractivity contribution is 7.18. The molecule has 1 aliphatic rings. The van der Waals surface area contributed by atoms with Gasteiger partial charge in [0.15, 0.2) is 0 Å². The first-order valence-corrected chi connectivity index (χ1v) is 8.63. The maximum absolute atomic E-state index is 4.79. The second kappa shape index (κ2) is 6.58. The summed E-state index contributed by atoms with van der Waals surface area (Å²) in [7, 11) is 0. The van der Waals surface area contributed by atoms with Crippen molar-refractivity contribution in [3.63, 3.8) is 0 Å². The summed E-state index contributed by atoms with van der Waals surface area (Å²) in [5, 5.41) is 7.94. The van der Waals surface area contributed by atoms with E-state index in [9.17, 15) is 0 Å². The molecule has 0 radical (unpaired) electrons. The SMILES string of the molecule is CCCNc1nc(N2CCNCC2)c2cc(CC)sc2n1. The molecule has 0 aliphatic carbocycles. The average molecular weight is 305 g/mol. The molecule has 114 valence electrons. The number of aromatic nitrogens is 2. The van der Waals surface area contributed by atoms with E-state index in [2.05, 4.69) is 35.4 Å². The highest BCUT2D eigenvalue weighted by Gasteiger charge is 2.18. The molecule has 1 fully saturated rings. The highest BCUT2D eigenvalue weighted by atomic mass is 32.1. The molecule has 6 heteroatoms. The molecule has 21 heavy (non-hydrogen) atoms. The van der Waals surface area contributed by atoms with E-state index in [4.69, 9.17) is 9.97 Å². The van der Waals surface area contributed by atoms with Gasteiger partial charge in [0.05, 0.1) is 5.39 Å². The van der Waals surface area contributed by atoms with E-state index >= 15 is 0 Å². The van der Waals surface area contributed by atoms with Crippen LogP contribution in [0.3, 0.4) is 0 Å². The number of fused-ring (bicyclic) bond motifs is 1. The van der Waals surface area contributed by atoms with E-state index in [1.165, 1.54) is 10.3 Å². The highest BCUT2D eigenvalue weighted by Crippen LogP contribution is 2.32. The number of piperazine rings is 1. The molecule has 0 saturated carbocycles. The third-order valence-electron chi connectivity index (χ3n) is 3.72. The van der Waals surface area contributed by atoms with Gasteiger partial charge in [-0.15, -0.1) is 11.3 Å². The van der Waals surface area contributed by atoms with Crippen molar-refractivity contribution in [2.75, 3.05) is 42.9 Å². The van der Waals surface area contributed by atoms with Crippen molar-refractivity contribution in [1.29, 1.82) is 0 Å². The molecular formula is C15H23N5S. The minimum Gasteiger partial charge on any atom is -0.354 e. The van der Waals surface area contributed by atoms with Crippen LogP contribution in [-0.2, 0) is 6.42 Å². The van der Waals surface area contributed by atoms with Crippen LogP contribution in [0.4, 0.5) is 11.8 Å². The van der Waals surface area contributed by atoms with Crippen LogP contribution in [0.1, 0.15) is 25.1 Å². The maximum atomic E-state index is 4.79. The van der Waals surface area contributed by atoms with Crippen LogP contribution in [0.2, 0.25) is 0 Å². The van der Waals surface area contributed by atoms with E-state index in [-0.39, 0.29) is 0 Å². The van der Waals surface area contributed by atoms with Crippen LogP contribution >= 0.6 is 11.3 Å². The van der Waals surface area contributed by atoms with Crippen LogP contribution in [0.25, 0.3) is 10.2 Å². The van der Waals surface area contributed by atoms with Crippen molar-refractivity contribution in [1.82, 2.24) is 15.3 Å². The Labute approximate surface area is 129 Å². The quantitative estimate of drug-likeness (QED) is 0.889. The van der Waals surface area contributed by atoms with Crippen LogP contribution in [0.15, 0.2) is 6.07 Å². The summed E-state index contributed by atoms with van der Waals surface area (Å²) >= 11 is 1.79. The molecule has 5 nitrogen and oxygen atoms in total. The molecule has 3 rings (SSSR count). The van der Waals surface area contributed by atoms with E-state index < -0.39 is 0 Å². The maximum Gasteiger partial charge on any atom is 0.226 e. The average Bonchev–Trinajstić information content (AvgIpc) is 2.96. The number of nitrogens with zero attached hydrogens (tertiary/aromatic N) is 3. The van der Waals surface area contributed by atoms with Crippen LogP contribution in [0.5, 0.6) is 0 Å². The number of nitrogens with one attached hydrogen (secondary N) is 2. The second-order valence-electron chi connectivity index (χ2n) is 5.32. The van der Waals surface area contributed by atoms with Crippen LogP contribution in [-0.4, -0.2) is 42.7 Å². The third-order valence-corrected chi connectivity index (χ3v) is 4.90. The van der Waals surface area contributed by atoms with E-state index in [1.807, 2.05) is 0 Å². The fourth-order valence-corrected chi connectivity index (χ4v) is 3.53. The van der Waals surface area contributed by atoms with Gasteiger partial charge in [0, 0.05) is 37.6 Å². The van der Waals surface area contributed by atoms with E-state index in [0.29, 0.717) is 0 Å². The molecule has 0 spiro atoms. The van der Waals surface area contributed by atoms with Gasteiger partial charge in [-0.3, -0.25) is 0 Å². The first-order chi connectivity index (χ1) is 10.3. The summed E-state index contributed by atoms with van der Waals surface area (Å²) in [4.78, 5) is 14.3. The largest absolute Gasteiger partial charge is 0.354 e. The number of hydrogen-bond donors (Lipinski definition) is 2. The summed E-state index contributed by atoms with van der Waals surface area (Å²) in [6.45, 7) is 9.33. The number of aryl methyl sites for hydroxylation is 1. The fourth-order valence-electron chi connectivity index (χ4n) is 2.56. The predicted molar refractivity (Wildman–Crippen MR) is 90.7 cm³/mol. The Morgan fingerprint density at radius 3 is 2.81 bits per heavy atom. The zero-order valence-electron chi connectivity index (χ0n) is 12.8. The Balaban J connectivity index is 2.02.